The minimum absolute atomic E-state index is 0.623. The first-order valence-corrected chi connectivity index (χ1v) is 8.53. The molecule has 0 aliphatic carbocycles. The minimum Gasteiger partial charge on any atom is -0.378 e. The Morgan fingerprint density at radius 2 is 2.17 bits per heavy atom. The van der Waals surface area contributed by atoms with E-state index in [-0.39, 0.29) is 0 Å². The average molecular weight is 288 g/mol. The summed E-state index contributed by atoms with van der Waals surface area (Å²) in [6.45, 7) is 7.00. The molecule has 5 heteroatoms. The third kappa shape index (κ3) is 5.69. The molecule has 0 aliphatic heterocycles. The molecule has 0 radical (unpaired) electrons. The Morgan fingerprint density at radius 1 is 1.33 bits per heavy atom. The fourth-order valence-electron chi connectivity index (χ4n) is 1.57. The number of thiazole rings is 1. The molecule has 0 aliphatic rings. The second kappa shape index (κ2) is 9.78. The van der Waals surface area contributed by atoms with Crippen molar-refractivity contribution in [1.29, 1.82) is 0 Å². The Morgan fingerprint density at radius 3 is 2.83 bits per heavy atom. The Balaban J connectivity index is 2.55. The van der Waals surface area contributed by atoms with Crippen LogP contribution in [-0.2, 0) is 23.6 Å². The number of nitrogens with one attached hydrogen (secondary N) is 1. The summed E-state index contributed by atoms with van der Waals surface area (Å²) in [5.74, 6) is 2.24. The Labute approximate surface area is 119 Å². The predicted octanol–water partition coefficient (Wildman–Crippen LogP) is 3.43. The maximum atomic E-state index is 5.22. The zero-order valence-electron chi connectivity index (χ0n) is 11.6. The molecule has 0 saturated heterocycles. The molecule has 0 amide bonds. The van der Waals surface area contributed by atoms with Gasteiger partial charge in [-0.3, -0.25) is 0 Å². The van der Waals surface area contributed by atoms with E-state index in [1.54, 1.807) is 7.11 Å². The topological polar surface area (TPSA) is 34.2 Å². The summed E-state index contributed by atoms with van der Waals surface area (Å²) in [4.78, 5) is 6.01. The van der Waals surface area contributed by atoms with Crippen LogP contribution < -0.4 is 5.32 Å². The summed E-state index contributed by atoms with van der Waals surface area (Å²) in [5, 5.41) is 4.67. The first-order valence-electron chi connectivity index (χ1n) is 6.56. The van der Waals surface area contributed by atoms with E-state index in [9.17, 15) is 0 Å². The van der Waals surface area contributed by atoms with Crippen molar-refractivity contribution in [3.05, 3.63) is 15.6 Å². The Hall–Kier alpha value is -0.100. The molecular weight excluding hydrogens is 264 g/mol. The summed E-state index contributed by atoms with van der Waals surface area (Å²) in [6.07, 6.45) is 2.39. The molecule has 0 bridgehead atoms. The van der Waals surface area contributed by atoms with E-state index in [0.29, 0.717) is 6.61 Å². The standard InChI is InChI=1S/C13H24N2OS2/c1-4-6-14-8-12-11(9-16-3)15-13(18-12)10-17-7-5-2/h14H,4-10H2,1-3H3. The van der Waals surface area contributed by atoms with Crippen LogP contribution in [0.1, 0.15) is 42.3 Å². The third-order valence-electron chi connectivity index (χ3n) is 2.39. The fourth-order valence-corrected chi connectivity index (χ4v) is 3.56. The number of nitrogens with zero attached hydrogens (tertiary/aromatic N) is 1. The zero-order valence-corrected chi connectivity index (χ0v) is 13.3. The molecule has 0 saturated carbocycles. The van der Waals surface area contributed by atoms with Gasteiger partial charge in [-0.2, -0.15) is 11.8 Å². The van der Waals surface area contributed by atoms with Crippen molar-refractivity contribution in [2.24, 2.45) is 0 Å². The van der Waals surface area contributed by atoms with E-state index < -0.39 is 0 Å². The van der Waals surface area contributed by atoms with Crippen molar-refractivity contribution >= 4 is 23.1 Å². The van der Waals surface area contributed by atoms with Crippen LogP contribution in [0.4, 0.5) is 0 Å². The van der Waals surface area contributed by atoms with Crippen LogP contribution in [0.2, 0.25) is 0 Å². The normalized spacial score (nSPS) is 11.1. The van der Waals surface area contributed by atoms with Crippen LogP contribution in [-0.4, -0.2) is 24.4 Å². The van der Waals surface area contributed by atoms with Gasteiger partial charge in [-0.1, -0.05) is 13.8 Å². The quantitative estimate of drug-likeness (QED) is 0.669. The highest BCUT2D eigenvalue weighted by atomic mass is 32.2. The second-order valence-corrected chi connectivity index (χ2v) is 6.41. The van der Waals surface area contributed by atoms with Gasteiger partial charge in [0, 0.05) is 24.3 Å². The van der Waals surface area contributed by atoms with Crippen LogP contribution in [0.5, 0.6) is 0 Å². The number of hydrogen-bond acceptors (Lipinski definition) is 5. The predicted molar refractivity (Wildman–Crippen MR) is 81.3 cm³/mol. The first-order chi connectivity index (χ1) is 8.81. The van der Waals surface area contributed by atoms with Crippen LogP contribution >= 0.6 is 23.1 Å². The molecule has 1 heterocycles. The average Bonchev–Trinajstić information content (AvgIpc) is 2.73. The van der Waals surface area contributed by atoms with Crippen LogP contribution in [0.3, 0.4) is 0 Å². The highest BCUT2D eigenvalue weighted by Gasteiger charge is 2.10. The molecule has 0 unspecified atom stereocenters. The van der Waals surface area contributed by atoms with Gasteiger partial charge in [0.15, 0.2) is 0 Å². The lowest BCUT2D eigenvalue weighted by Crippen LogP contribution is -2.14. The molecule has 0 aromatic carbocycles. The van der Waals surface area contributed by atoms with Gasteiger partial charge < -0.3 is 10.1 Å². The zero-order chi connectivity index (χ0) is 13.2. The maximum absolute atomic E-state index is 5.22. The molecule has 0 spiro atoms. The number of thioether (sulfide) groups is 1. The summed E-state index contributed by atoms with van der Waals surface area (Å²) in [7, 11) is 1.73. The van der Waals surface area contributed by atoms with Crippen molar-refractivity contribution < 1.29 is 4.74 Å². The molecule has 1 aromatic heterocycles. The van der Waals surface area contributed by atoms with Gasteiger partial charge in [0.05, 0.1) is 12.3 Å². The number of ether oxygens (including phenoxy) is 1. The molecule has 1 N–H and O–H groups in total. The maximum Gasteiger partial charge on any atom is 0.103 e. The smallest absolute Gasteiger partial charge is 0.103 e. The molecule has 3 nitrogen and oxygen atoms in total. The van der Waals surface area contributed by atoms with Crippen molar-refractivity contribution in [3.63, 3.8) is 0 Å². The SMILES string of the molecule is CCCNCc1sc(CSCCC)nc1COC. The van der Waals surface area contributed by atoms with Gasteiger partial charge in [-0.05, 0) is 25.1 Å². The van der Waals surface area contributed by atoms with Crippen LogP contribution in [0.15, 0.2) is 0 Å². The minimum atomic E-state index is 0.623. The van der Waals surface area contributed by atoms with Crippen molar-refractivity contribution in [2.45, 2.75) is 45.6 Å². The van der Waals surface area contributed by atoms with Crippen LogP contribution in [0.25, 0.3) is 0 Å². The van der Waals surface area contributed by atoms with Gasteiger partial charge in [0.2, 0.25) is 0 Å². The summed E-state index contributed by atoms with van der Waals surface area (Å²) < 4.78 is 5.22. The molecule has 1 aromatic rings. The first kappa shape index (κ1) is 16.0. The summed E-state index contributed by atoms with van der Waals surface area (Å²) in [6, 6.07) is 0. The molecule has 1 rings (SSSR count). The van der Waals surface area contributed by atoms with Crippen molar-refractivity contribution in [3.8, 4) is 0 Å². The van der Waals surface area contributed by atoms with Gasteiger partial charge in [-0.25, -0.2) is 4.98 Å². The van der Waals surface area contributed by atoms with E-state index in [1.165, 1.54) is 22.1 Å². The second-order valence-electron chi connectivity index (χ2n) is 4.14. The largest absolute Gasteiger partial charge is 0.378 e. The number of hydrogen-bond donors (Lipinski definition) is 1. The van der Waals surface area contributed by atoms with Crippen molar-refractivity contribution in [2.75, 3.05) is 19.4 Å². The lowest BCUT2D eigenvalue weighted by Gasteiger charge is -2.02. The van der Waals surface area contributed by atoms with E-state index in [0.717, 1.165) is 31.0 Å². The molecule has 104 valence electrons. The van der Waals surface area contributed by atoms with Crippen LogP contribution in [0, 0.1) is 0 Å². The summed E-state index contributed by atoms with van der Waals surface area (Å²) >= 11 is 3.79. The molecule has 0 atom stereocenters. The van der Waals surface area contributed by atoms with E-state index in [1.807, 2.05) is 23.1 Å². The van der Waals surface area contributed by atoms with E-state index >= 15 is 0 Å². The monoisotopic (exact) mass is 288 g/mol. The molecule has 18 heavy (non-hydrogen) atoms. The van der Waals surface area contributed by atoms with Gasteiger partial charge >= 0.3 is 0 Å². The van der Waals surface area contributed by atoms with Gasteiger partial charge in [0.25, 0.3) is 0 Å². The lowest BCUT2D eigenvalue weighted by molar-refractivity contribution is 0.181. The Bertz CT molecular complexity index is 329. The third-order valence-corrected chi connectivity index (χ3v) is 4.84. The lowest BCUT2D eigenvalue weighted by atomic mass is 10.3. The fraction of sp³-hybridized carbons (Fsp3) is 0.769. The number of aromatic nitrogens is 1. The number of methoxy groups -OCH3 is 1. The molecular formula is C13H24N2OS2. The number of rotatable bonds is 10. The summed E-state index contributed by atoms with van der Waals surface area (Å²) in [5.41, 5.74) is 1.11. The highest BCUT2D eigenvalue weighted by Crippen LogP contribution is 2.23. The van der Waals surface area contributed by atoms with Crippen molar-refractivity contribution in [1.82, 2.24) is 10.3 Å². The Kier molecular flexibility index (Phi) is 8.67. The van der Waals surface area contributed by atoms with Gasteiger partial charge in [-0.15, -0.1) is 11.3 Å². The van der Waals surface area contributed by atoms with Gasteiger partial charge in [0.1, 0.15) is 5.01 Å². The van der Waals surface area contributed by atoms with E-state index in [4.69, 9.17) is 4.74 Å². The highest BCUT2D eigenvalue weighted by molar-refractivity contribution is 7.98. The molecule has 0 fully saturated rings. The van der Waals surface area contributed by atoms with E-state index in [2.05, 4.69) is 24.1 Å².